The number of nitrogens with one attached hydrogen (secondary N) is 3. The number of anilines is 1. The fourth-order valence-electron chi connectivity index (χ4n) is 3.01. The van der Waals surface area contributed by atoms with Crippen molar-refractivity contribution in [1.29, 1.82) is 0 Å². The maximum atomic E-state index is 12.9. The fraction of sp³-hybridized carbons (Fsp3) is 0.167. The van der Waals surface area contributed by atoms with Gasteiger partial charge in [0.2, 0.25) is 11.8 Å². The SMILES string of the molecule is Cc1ccc([C@@H](NCC(=O)NCC(=O)Nc2ccc(F)cc2)c2ccccc2)cc1. The van der Waals surface area contributed by atoms with Gasteiger partial charge in [0, 0.05) is 5.69 Å². The number of carbonyl (C=O) groups is 2. The van der Waals surface area contributed by atoms with Gasteiger partial charge in [0.05, 0.1) is 19.1 Å². The third-order valence-electron chi connectivity index (χ3n) is 4.58. The van der Waals surface area contributed by atoms with Crippen LogP contribution in [0.15, 0.2) is 78.9 Å². The second kappa shape index (κ2) is 10.3. The molecule has 30 heavy (non-hydrogen) atoms. The van der Waals surface area contributed by atoms with Crippen molar-refractivity contribution in [3.8, 4) is 0 Å². The number of hydrogen-bond donors (Lipinski definition) is 3. The van der Waals surface area contributed by atoms with Crippen molar-refractivity contribution in [2.45, 2.75) is 13.0 Å². The first-order valence-corrected chi connectivity index (χ1v) is 9.68. The Labute approximate surface area is 175 Å². The van der Waals surface area contributed by atoms with Gasteiger partial charge in [-0.25, -0.2) is 4.39 Å². The lowest BCUT2D eigenvalue weighted by atomic mass is 9.98. The summed E-state index contributed by atoms with van der Waals surface area (Å²) < 4.78 is 12.9. The standard InChI is InChI=1S/C24H24FN3O2/c1-17-7-9-19(10-8-17)24(18-5-3-2-4-6-18)27-15-22(29)26-16-23(30)28-21-13-11-20(25)12-14-21/h2-14,24,27H,15-16H2,1H3,(H,26,29)(H,28,30)/t24-/m0/s1. The Hall–Kier alpha value is -3.51. The summed E-state index contributed by atoms with van der Waals surface area (Å²) in [6.07, 6.45) is 0. The van der Waals surface area contributed by atoms with Crippen molar-refractivity contribution in [2.75, 3.05) is 18.4 Å². The van der Waals surface area contributed by atoms with E-state index in [1.165, 1.54) is 24.3 Å². The highest BCUT2D eigenvalue weighted by atomic mass is 19.1. The average Bonchev–Trinajstić information content (AvgIpc) is 2.76. The largest absolute Gasteiger partial charge is 0.346 e. The number of hydrogen-bond acceptors (Lipinski definition) is 3. The monoisotopic (exact) mass is 405 g/mol. The maximum absolute atomic E-state index is 12.9. The van der Waals surface area contributed by atoms with E-state index in [0.29, 0.717) is 5.69 Å². The van der Waals surface area contributed by atoms with E-state index in [9.17, 15) is 14.0 Å². The summed E-state index contributed by atoms with van der Waals surface area (Å²) in [5.74, 6) is -1.06. The summed E-state index contributed by atoms with van der Waals surface area (Å²) in [5, 5.41) is 8.47. The molecule has 5 nitrogen and oxygen atoms in total. The molecule has 0 bridgehead atoms. The van der Waals surface area contributed by atoms with Crippen LogP contribution in [0.3, 0.4) is 0 Å². The molecule has 3 aromatic rings. The molecule has 3 N–H and O–H groups in total. The molecule has 154 valence electrons. The number of aryl methyl sites for hydroxylation is 1. The fourth-order valence-corrected chi connectivity index (χ4v) is 3.01. The molecule has 0 saturated heterocycles. The molecule has 0 unspecified atom stereocenters. The number of benzene rings is 3. The highest BCUT2D eigenvalue weighted by molar-refractivity contribution is 5.94. The quantitative estimate of drug-likeness (QED) is 0.537. The molecule has 0 saturated carbocycles. The summed E-state index contributed by atoms with van der Waals surface area (Å²) >= 11 is 0. The van der Waals surface area contributed by atoms with Crippen molar-refractivity contribution in [1.82, 2.24) is 10.6 Å². The van der Waals surface area contributed by atoms with Gasteiger partial charge in [0.1, 0.15) is 5.82 Å². The number of amides is 2. The molecule has 0 spiro atoms. The van der Waals surface area contributed by atoms with Crippen LogP contribution in [0.5, 0.6) is 0 Å². The van der Waals surface area contributed by atoms with Crippen molar-refractivity contribution in [2.24, 2.45) is 0 Å². The van der Waals surface area contributed by atoms with Crippen LogP contribution in [-0.2, 0) is 9.59 Å². The molecule has 0 aliphatic rings. The van der Waals surface area contributed by atoms with Crippen LogP contribution in [0.25, 0.3) is 0 Å². The molecule has 3 rings (SSSR count). The van der Waals surface area contributed by atoms with Crippen molar-refractivity contribution < 1.29 is 14.0 Å². The normalized spacial score (nSPS) is 11.5. The minimum atomic E-state index is -0.381. The van der Waals surface area contributed by atoms with Gasteiger partial charge >= 0.3 is 0 Å². The molecule has 6 heteroatoms. The van der Waals surface area contributed by atoms with Crippen LogP contribution in [0.2, 0.25) is 0 Å². The van der Waals surface area contributed by atoms with E-state index in [2.05, 4.69) is 16.0 Å². The van der Waals surface area contributed by atoms with Crippen LogP contribution in [0, 0.1) is 12.7 Å². The summed E-state index contributed by atoms with van der Waals surface area (Å²) in [6.45, 7) is 1.91. The van der Waals surface area contributed by atoms with Gasteiger partial charge in [0.15, 0.2) is 0 Å². The number of rotatable bonds is 8. The van der Waals surface area contributed by atoms with E-state index in [1.807, 2.05) is 61.5 Å². The van der Waals surface area contributed by atoms with Gasteiger partial charge in [0.25, 0.3) is 0 Å². The predicted octanol–water partition coefficient (Wildman–Crippen LogP) is 3.57. The molecule has 0 aliphatic carbocycles. The zero-order chi connectivity index (χ0) is 21.3. The molecule has 3 aromatic carbocycles. The second-order valence-corrected chi connectivity index (χ2v) is 6.97. The van der Waals surface area contributed by atoms with Crippen LogP contribution < -0.4 is 16.0 Å². The molecule has 1 atom stereocenters. The molecular weight excluding hydrogens is 381 g/mol. The van der Waals surface area contributed by atoms with Gasteiger partial charge in [-0.2, -0.15) is 0 Å². The van der Waals surface area contributed by atoms with Crippen LogP contribution in [0.4, 0.5) is 10.1 Å². The van der Waals surface area contributed by atoms with Gasteiger partial charge in [-0.1, -0.05) is 60.2 Å². The molecule has 0 radical (unpaired) electrons. The minimum Gasteiger partial charge on any atom is -0.346 e. The number of carbonyl (C=O) groups excluding carboxylic acids is 2. The third-order valence-corrected chi connectivity index (χ3v) is 4.58. The molecule has 0 aliphatic heterocycles. The zero-order valence-corrected chi connectivity index (χ0v) is 16.7. The lowest BCUT2D eigenvalue weighted by Crippen LogP contribution is -2.39. The Morgan fingerprint density at radius 3 is 2.10 bits per heavy atom. The lowest BCUT2D eigenvalue weighted by Gasteiger charge is -2.20. The third kappa shape index (κ3) is 6.25. The summed E-state index contributed by atoms with van der Waals surface area (Å²) in [6, 6.07) is 23.3. The topological polar surface area (TPSA) is 70.2 Å². The van der Waals surface area contributed by atoms with Crippen LogP contribution in [0.1, 0.15) is 22.7 Å². The van der Waals surface area contributed by atoms with Gasteiger partial charge in [-0.3, -0.25) is 14.9 Å². The first-order chi connectivity index (χ1) is 14.5. The lowest BCUT2D eigenvalue weighted by molar-refractivity contribution is -0.123. The summed E-state index contributed by atoms with van der Waals surface area (Å²) in [7, 11) is 0. The summed E-state index contributed by atoms with van der Waals surface area (Å²) in [5.41, 5.74) is 3.73. The first kappa shape index (κ1) is 21.2. The van der Waals surface area contributed by atoms with Crippen LogP contribution >= 0.6 is 0 Å². The van der Waals surface area contributed by atoms with E-state index in [0.717, 1.165) is 16.7 Å². The highest BCUT2D eigenvalue weighted by Crippen LogP contribution is 2.22. The Kier molecular flexibility index (Phi) is 7.29. The Balaban J connectivity index is 1.54. The summed E-state index contributed by atoms with van der Waals surface area (Å²) in [4.78, 5) is 24.2. The van der Waals surface area contributed by atoms with Crippen molar-refractivity contribution in [3.63, 3.8) is 0 Å². The average molecular weight is 405 g/mol. The van der Waals surface area contributed by atoms with E-state index < -0.39 is 0 Å². The smallest absolute Gasteiger partial charge is 0.243 e. The van der Waals surface area contributed by atoms with Gasteiger partial charge in [-0.15, -0.1) is 0 Å². The molecule has 0 heterocycles. The maximum Gasteiger partial charge on any atom is 0.243 e. The Morgan fingerprint density at radius 1 is 0.800 bits per heavy atom. The van der Waals surface area contributed by atoms with Crippen molar-refractivity contribution in [3.05, 3.63) is 101 Å². The highest BCUT2D eigenvalue weighted by Gasteiger charge is 2.15. The second-order valence-electron chi connectivity index (χ2n) is 6.97. The van der Waals surface area contributed by atoms with Gasteiger partial charge < -0.3 is 10.6 Å². The van der Waals surface area contributed by atoms with E-state index >= 15 is 0 Å². The number of halogens is 1. The van der Waals surface area contributed by atoms with E-state index in [1.54, 1.807) is 0 Å². The Morgan fingerprint density at radius 2 is 1.43 bits per heavy atom. The van der Waals surface area contributed by atoms with E-state index in [-0.39, 0.29) is 36.8 Å². The first-order valence-electron chi connectivity index (χ1n) is 9.68. The molecule has 0 aromatic heterocycles. The molecular formula is C24H24FN3O2. The molecule has 2 amide bonds. The van der Waals surface area contributed by atoms with Gasteiger partial charge in [-0.05, 0) is 42.3 Å². The molecule has 0 fully saturated rings. The van der Waals surface area contributed by atoms with Crippen LogP contribution in [-0.4, -0.2) is 24.9 Å². The zero-order valence-electron chi connectivity index (χ0n) is 16.7. The van der Waals surface area contributed by atoms with Crippen molar-refractivity contribution >= 4 is 17.5 Å². The Bertz CT molecular complexity index is 974. The van der Waals surface area contributed by atoms with E-state index in [4.69, 9.17) is 0 Å². The minimum absolute atomic E-state index is 0.0528. The predicted molar refractivity (Wildman–Crippen MR) is 116 cm³/mol.